The zero-order valence-electron chi connectivity index (χ0n) is 17.1. The Balaban J connectivity index is 1.47. The molecule has 0 spiro atoms. The average Bonchev–Trinajstić information content (AvgIpc) is 3.21. The van der Waals surface area contributed by atoms with Crippen LogP contribution in [0.4, 0.5) is 10.5 Å². The first kappa shape index (κ1) is 21.5. The number of piperidine rings is 1. The predicted octanol–water partition coefficient (Wildman–Crippen LogP) is 3.80. The second-order valence-electron chi connectivity index (χ2n) is 7.21. The minimum atomic E-state index is -3.62. The number of rotatable bonds is 6. The molecule has 1 aliphatic heterocycles. The van der Waals surface area contributed by atoms with Crippen LogP contribution in [0.2, 0.25) is 0 Å². The second-order valence-corrected chi connectivity index (χ2v) is 10.3. The first-order valence-corrected chi connectivity index (χ1v) is 12.3. The third-order valence-electron chi connectivity index (χ3n) is 5.11. The number of nitrogens with one attached hydrogen (secondary N) is 2. The minimum Gasteiger partial charge on any atom is -0.495 e. The Morgan fingerprint density at radius 1 is 1.16 bits per heavy atom. The van der Waals surface area contributed by atoms with Crippen molar-refractivity contribution in [2.75, 3.05) is 25.5 Å². The Hall–Kier alpha value is -2.69. The van der Waals surface area contributed by atoms with Gasteiger partial charge in [-0.3, -0.25) is 0 Å². The highest BCUT2D eigenvalue weighted by Crippen LogP contribution is 2.30. The summed E-state index contributed by atoms with van der Waals surface area (Å²) in [7, 11) is -2.15. The largest absolute Gasteiger partial charge is 0.495 e. The maximum Gasteiger partial charge on any atom is 0.319 e. The Bertz CT molecular complexity index is 1150. The Kier molecular flexibility index (Phi) is 6.40. The van der Waals surface area contributed by atoms with Gasteiger partial charge in [0.15, 0.2) is 0 Å². The van der Waals surface area contributed by atoms with Gasteiger partial charge in [0.25, 0.3) is 0 Å². The van der Waals surface area contributed by atoms with E-state index in [-0.39, 0.29) is 11.4 Å². The van der Waals surface area contributed by atoms with E-state index in [1.54, 1.807) is 6.07 Å². The van der Waals surface area contributed by atoms with Gasteiger partial charge in [-0.1, -0.05) is 18.6 Å². The summed E-state index contributed by atoms with van der Waals surface area (Å²) in [6.07, 6.45) is 2.75. The molecule has 4 rings (SSSR count). The SMILES string of the molecule is COc1ccc(S(=O)(=O)N2CCCCC2)cc1NC(=O)NCc1nc2ccccc2s1. The summed E-state index contributed by atoms with van der Waals surface area (Å²) in [5.41, 5.74) is 1.18. The van der Waals surface area contributed by atoms with Crippen molar-refractivity contribution in [2.45, 2.75) is 30.7 Å². The molecule has 0 aliphatic carbocycles. The maximum absolute atomic E-state index is 13.0. The molecule has 10 heteroatoms. The maximum atomic E-state index is 13.0. The van der Waals surface area contributed by atoms with Gasteiger partial charge in [-0.05, 0) is 43.2 Å². The van der Waals surface area contributed by atoms with Crippen molar-refractivity contribution in [1.82, 2.24) is 14.6 Å². The van der Waals surface area contributed by atoms with Gasteiger partial charge in [0.1, 0.15) is 10.8 Å². The smallest absolute Gasteiger partial charge is 0.319 e. The van der Waals surface area contributed by atoms with Crippen LogP contribution in [0.3, 0.4) is 0 Å². The number of nitrogens with zero attached hydrogens (tertiary/aromatic N) is 2. The number of benzene rings is 2. The third-order valence-corrected chi connectivity index (χ3v) is 8.04. The van der Waals surface area contributed by atoms with Crippen LogP contribution < -0.4 is 15.4 Å². The van der Waals surface area contributed by atoms with Crippen molar-refractivity contribution in [3.8, 4) is 5.75 Å². The zero-order chi connectivity index (χ0) is 21.8. The number of methoxy groups -OCH3 is 1. The molecular weight excluding hydrogens is 436 g/mol. The number of hydrogen-bond donors (Lipinski definition) is 2. The Morgan fingerprint density at radius 3 is 2.68 bits per heavy atom. The summed E-state index contributed by atoms with van der Waals surface area (Å²) in [4.78, 5) is 17.1. The monoisotopic (exact) mass is 460 g/mol. The zero-order valence-corrected chi connectivity index (χ0v) is 18.8. The number of thiazole rings is 1. The van der Waals surface area contributed by atoms with E-state index >= 15 is 0 Å². The topological polar surface area (TPSA) is 101 Å². The summed E-state index contributed by atoms with van der Waals surface area (Å²) in [6.45, 7) is 1.29. The molecule has 2 amide bonds. The lowest BCUT2D eigenvalue weighted by atomic mass is 10.2. The lowest BCUT2D eigenvalue weighted by molar-refractivity contribution is 0.251. The lowest BCUT2D eigenvalue weighted by Gasteiger charge is -2.26. The van der Waals surface area contributed by atoms with Crippen molar-refractivity contribution in [3.63, 3.8) is 0 Å². The Morgan fingerprint density at radius 2 is 1.94 bits per heavy atom. The number of para-hydroxylation sites is 1. The molecule has 0 bridgehead atoms. The van der Waals surface area contributed by atoms with E-state index in [1.807, 2.05) is 24.3 Å². The molecule has 0 radical (unpaired) electrons. The number of aromatic nitrogens is 1. The summed E-state index contributed by atoms with van der Waals surface area (Å²) in [6, 6.07) is 11.8. The number of fused-ring (bicyclic) bond motifs is 1. The summed E-state index contributed by atoms with van der Waals surface area (Å²) < 4.78 is 33.8. The van der Waals surface area contributed by atoms with Gasteiger partial charge in [0.2, 0.25) is 10.0 Å². The highest BCUT2D eigenvalue weighted by atomic mass is 32.2. The first-order valence-electron chi connectivity index (χ1n) is 10.0. The molecule has 8 nitrogen and oxygen atoms in total. The molecule has 0 unspecified atom stereocenters. The van der Waals surface area contributed by atoms with E-state index < -0.39 is 16.1 Å². The van der Waals surface area contributed by atoms with E-state index in [4.69, 9.17) is 4.74 Å². The lowest BCUT2D eigenvalue weighted by Crippen LogP contribution is -2.35. The van der Waals surface area contributed by atoms with Gasteiger partial charge in [0, 0.05) is 13.1 Å². The van der Waals surface area contributed by atoms with Crippen LogP contribution >= 0.6 is 11.3 Å². The molecule has 2 aromatic carbocycles. The number of carbonyl (C=O) groups excluding carboxylic acids is 1. The fourth-order valence-corrected chi connectivity index (χ4v) is 5.97. The van der Waals surface area contributed by atoms with Crippen LogP contribution in [0.25, 0.3) is 10.2 Å². The fourth-order valence-electron chi connectivity index (χ4n) is 3.52. The van der Waals surface area contributed by atoms with Crippen molar-refractivity contribution >= 4 is 43.3 Å². The average molecular weight is 461 g/mol. The number of ether oxygens (including phenoxy) is 1. The molecule has 1 aliphatic rings. The highest BCUT2D eigenvalue weighted by Gasteiger charge is 2.27. The first-order chi connectivity index (χ1) is 15.0. The number of amides is 2. The van der Waals surface area contributed by atoms with Crippen LogP contribution in [0.5, 0.6) is 5.75 Å². The molecule has 1 fully saturated rings. The summed E-state index contributed by atoms with van der Waals surface area (Å²) in [5, 5.41) is 6.25. The van der Waals surface area contributed by atoms with Gasteiger partial charge >= 0.3 is 6.03 Å². The van der Waals surface area contributed by atoms with E-state index in [1.165, 1.54) is 34.9 Å². The number of hydrogen-bond acceptors (Lipinski definition) is 6. The molecule has 3 aromatic rings. The fraction of sp³-hybridized carbons (Fsp3) is 0.333. The van der Waals surface area contributed by atoms with Gasteiger partial charge in [-0.25, -0.2) is 18.2 Å². The van der Waals surface area contributed by atoms with Gasteiger partial charge in [0.05, 0.1) is 34.5 Å². The second kappa shape index (κ2) is 9.21. The van der Waals surface area contributed by atoms with E-state index in [0.29, 0.717) is 24.5 Å². The van der Waals surface area contributed by atoms with Crippen LogP contribution in [0.1, 0.15) is 24.3 Å². The van der Waals surface area contributed by atoms with Crippen LogP contribution in [0, 0.1) is 0 Å². The molecule has 1 saturated heterocycles. The molecule has 164 valence electrons. The number of carbonyl (C=O) groups is 1. The highest BCUT2D eigenvalue weighted by molar-refractivity contribution is 7.89. The van der Waals surface area contributed by atoms with E-state index in [9.17, 15) is 13.2 Å². The van der Waals surface area contributed by atoms with E-state index in [2.05, 4.69) is 15.6 Å². The van der Waals surface area contributed by atoms with Crippen LogP contribution in [0.15, 0.2) is 47.4 Å². The number of anilines is 1. The van der Waals surface area contributed by atoms with Crippen molar-refractivity contribution < 1.29 is 17.9 Å². The van der Waals surface area contributed by atoms with Gasteiger partial charge < -0.3 is 15.4 Å². The van der Waals surface area contributed by atoms with Crippen molar-refractivity contribution in [1.29, 1.82) is 0 Å². The molecule has 0 saturated carbocycles. The van der Waals surface area contributed by atoms with Gasteiger partial charge in [-0.2, -0.15) is 4.31 Å². The van der Waals surface area contributed by atoms with Gasteiger partial charge in [-0.15, -0.1) is 11.3 Å². The number of sulfonamides is 1. The number of urea groups is 1. The minimum absolute atomic E-state index is 0.136. The molecule has 1 aromatic heterocycles. The molecular formula is C21H24N4O4S2. The predicted molar refractivity (Wildman–Crippen MR) is 121 cm³/mol. The standard InChI is InChI=1S/C21H24N4O4S2/c1-29-18-10-9-15(31(27,28)25-11-5-2-6-12-25)13-17(18)24-21(26)22-14-20-23-16-7-3-4-8-19(16)30-20/h3-4,7-10,13H,2,5-6,11-12,14H2,1H3,(H2,22,24,26). The molecule has 2 heterocycles. The van der Waals surface area contributed by atoms with E-state index in [0.717, 1.165) is 34.5 Å². The quantitative estimate of drug-likeness (QED) is 0.583. The summed E-state index contributed by atoms with van der Waals surface area (Å²) >= 11 is 1.51. The normalized spacial score (nSPS) is 15.0. The summed E-state index contributed by atoms with van der Waals surface area (Å²) in [5.74, 6) is 0.382. The van der Waals surface area contributed by atoms with Crippen LogP contribution in [-0.4, -0.2) is 43.9 Å². The third kappa shape index (κ3) is 4.81. The Labute approximate surface area is 185 Å². The molecule has 31 heavy (non-hydrogen) atoms. The van der Waals surface area contributed by atoms with Crippen molar-refractivity contribution in [3.05, 3.63) is 47.5 Å². The van der Waals surface area contributed by atoms with Crippen LogP contribution in [-0.2, 0) is 16.6 Å². The molecule has 2 N–H and O–H groups in total. The van der Waals surface area contributed by atoms with Crippen molar-refractivity contribution in [2.24, 2.45) is 0 Å². The molecule has 0 atom stereocenters.